The lowest BCUT2D eigenvalue weighted by Gasteiger charge is -2.36. The quantitative estimate of drug-likeness (QED) is 0.191. The molecule has 10 aromatic rings. The molecule has 11 rings (SSSR count). The van der Waals surface area contributed by atoms with Crippen LogP contribution in [0.25, 0.3) is 73.7 Å². The summed E-state index contributed by atoms with van der Waals surface area (Å²) >= 11 is 3.63. The molecule has 2 nitrogen and oxygen atoms in total. The van der Waals surface area contributed by atoms with Crippen LogP contribution in [-0.2, 0) is 5.41 Å². The Morgan fingerprint density at radius 2 is 0.774 bits per heavy atom. The zero-order chi connectivity index (χ0) is 35.3. The number of hydrogen-bond donors (Lipinski definition) is 2. The maximum absolute atomic E-state index is 11.3. The van der Waals surface area contributed by atoms with Gasteiger partial charge in [-0.15, -0.1) is 22.7 Å². The average molecular weight is 715 g/mol. The van der Waals surface area contributed by atoms with Crippen LogP contribution in [0.2, 0.25) is 0 Å². The molecule has 0 saturated heterocycles. The van der Waals surface area contributed by atoms with Gasteiger partial charge in [0.05, 0.1) is 5.41 Å². The minimum atomic E-state index is -0.815. The first kappa shape index (κ1) is 30.4. The molecule has 0 spiro atoms. The second-order valence-corrected chi connectivity index (χ2v) is 16.1. The van der Waals surface area contributed by atoms with Gasteiger partial charge in [0.25, 0.3) is 0 Å². The number of aromatic hydroxyl groups is 2. The van der Waals surface area contributed by atoms with E-state index in [4.69, 9.17) is 0 Å². The highest BCUT2D eigenvalue weighted by molar-refractivity contribution is 7.22. The fourth-order valence-electron chi connectivity index (χ4n) is 8.82. The van der Waals surface area contributed by atoms with Crippen molar-refractivity contribution in [1.29, 1.82) is 0 Å². The van der Waals surface area contributed by atoms with Crippen LogP contribution in [0.1, 0.15) is 22.3 Å². The molecular formula is C49H30O2S2. The number of benzene rings is 8. The van der Waals surface area contributed by atoms with E-state index in [0.29, 0.717) is 0 Å². The first-order valence-electron chi connectivity index (χ1n) is 17.8. The van der Waals surface area contributed by atoms with Gasteiger partial charge in [0.15, 0.2) is 0 Å². The van der Waals surface area contributed by atoms with Crippen LogP contribution in [0, 0.1) is 0 Å². The summed E-state index contributed by atoms with van der Waals surface area (Å²) in [6, 6.07) is 60.1. The average Bonchev–Trinajstić information content (AvgIpc) is 3.91. The van der Waals surface area contributed by atoms with Crippen molar-refractivity contribution < 1.29 is 10.2 Å². The van der Waals surface area contributed by atoms with Crippen molar-refractivity contribution in [3.63, 3.8) is 0 Å². The van der Waals surface area contributed by atoms with E-state index >= 15 is 0 Å². The lowest BCUT2D eigenvalue weighted by Crippen LogP contribution is -2.29. The summed E-state index contributed by atoms with van der Waals surface area (Å²) in [7, 11) is 0. The molecular weight excluding hydrogens is 685 g/mol. The summed E-state index contributed by atoms with van der Waals surface area (Å²) in [6.45, 7) is 0. The maximum Gasteiger partial charge on any atom is 0.123 e. The fraction of sp³-hybridized carbons (Fsp3) is 0.0204. The summed E-state index contributed by atoms with van der Waals surface area (Å²) in [5.41, 5.74) is 8.42. The van der Waals surface area contributed by atoms with Gasteiger partial charge >= 0.3 is 0 Å². The highest BCUT2D eigenvalue weighted by Gasteiger charge is 2.48. The van der Waals surface area contributed by atoms with Crippen molar-refractivity contribution in [2.45, 2.75) is 5.41 Å². The zero-order valence-electron chi connectivity index (χ0n) is 28.4. The molecule has 0 atom stereocenters. The first-order valence-corrected chi connectivity index (χ1v) is 19.4. The highest BCUT2D eigenvalue weighted by atomic mass is 32.1. The molecule has 53 heavy (non-hydrogen) atoms. The molecule has 2 aromatic heterocycles. The van der Waals surface area contributed by atoms with Gasteiger partial charge in [0.2, 0.25) is 0 Å². The second kappa shape index (κ2) is 11.4. The molecule has 2 N–H and O–H groups in total. The fourth-order valence-corrected chi connectivity index (χ4v) is 10.9. The number of rotatable bonds is 4. The van der Waals surface area contributed by atoms with Crippen LogP contribution in [0.4, 0.5) is 0 Å². The smallest absolute Gasteiger partial charge is 0.123 e. The third-order valence-corrected chi connectivity index (χ3v) is 13.5. The molecule has 4 heteroatoms. The molecule has 0 saturated carbocycles. The molecule has 0 aliphatic heterocycles. The van der Waals surface area contributed by atoms with Gasteiger partial charge in [-0.3, -0.25) is 0 Å². The Balaban J connectivity index is 1.31. The predicted molar refractivity (Wildman–Crippen MR) is 224 cm³/mol. The SMILES string of the molecule is Oc1ccc(C2(c3ccc(O)c4ccccc34)c3cc(-c4cc5ccccc5s4)ccc3-c3ccc(-c4cc5ccccc5s4)cc32)c2ccccc12. The Hall–Kier alpha value is -6.20. The molecule has 0 radical (unpaired) electrons. The van der Waals surface area contributed by atoms with Gasteiger partial charge in [0.1, 0.15) is 11.5 Å². The molecule has 0 amide bonds. The van der Waals surface area contributed by atoms with E-state index in [1.807, 2.05) is 59.1 Å². The summed E-state index contributed by atoms with van der Waals surface area (Å²) in [5.74, 6) is 0.512. The van der Waals surface area contributed by atoms with Crippen LogP contribution in [0.5, 0.6) is 11.5 Å². The van der Waals surface area contributed by atoms with Crippen LogP contribution in [-0.4, -0.2) is 10.2 Å². The van der Waals surface area contributed by atoms with Crippen molar-refractivity contribution in [2.24, 2.45) is 0 Å². The summed E-state index contributed by atoms with van der Waals surface area (Å²) in [6.07, 6.45) is 0. The van der Waals surface area contributed by atoms with E-state index in [0.717, 1.165) is 43.8 Å². The zero-order valence-corrected chi connectivity index (χ0v) is 30.0. The number of phenolic OH excluding ortho intramolecular Hbond substituents is 2. The van der Waals surface area contributed by atoms with Gasteiger partial charge in [-0.05, 0) is 115 Å². The number of fused-ring (bicyclic) bond motifs is 7. The van der Waals surface area contributed by atoms with E-state index < -0.39 is 5.41 Å². The van der Waals surface area contributed by atoms with E-state index in [-0.39, 0.29) is 11.5 Å². The molecule has 0 unspecified atom stereocenters. The maximum atomic E-state index is 11.3. The van der Waals surface area contributed by atoms with Crippen molar-refractivity contribution in [3.8, 4) is 43.5 Å². The largest absolute Gasteiger partial charge is 0.507 e. The van der Waals surface area contributed by atoms with Crippen LogP contribution in [0.15, 0.2) is 170 Å². The third-order valence-electron chi connectivity index (χ3n) is 11.2. The third kappa shape index (κ3) is 4.37. The monoisotopic (exact) mass is 714 g/mol. The van der Waals surface area contributed by atoms with E-state index in [9.17, 15) is 10.2 Å². The predicted octanol–water partition coefficient (Wildman–Crippen LogP) is 13.5. The van der Waals surface area contributed by atoms with Crippen LogP contribution >= 0.6 is 22.7 Å². The Bertz CT molecular complexity index is 2830. The lowest BCUT2D eigenvalue weighted by atomic mass is 9.65. The lowest BCUT2D eigenvalue weighted by molar-refractivity contribution is 0.481. The molecule has 8 aromatic carbocycles. The highest BCUT2D eigenvalue weighted by Crippen LogP contribution is 2.60. The molecule has 250 valence electrons. The van der Waals surface area contributed by atoms with Gasteiger partial charge in [-0.25, -0.2) is 0 Å². The van der Waals surface area contributed by atoms with E-state index in [1.165, 1.54) is 52.2 Å². The Kier molecular flexibility index (Phi) is 6.54. The molecule has 1 aliphatic carbocycles. The molecule has 2 heterocycles. The Morgan fingerprint density at radius 3 is 1.23 bits per heavy atom. The first-order chi connectivity index (χ1) is 26.1. The normalized spacial score (nSPS) is 13.2. The van der Waals surface area contributed by atoms with Crippen molar-refractivity contribution in [3.05, 3.63) is 192 Å². The molecule has 1 aliphatic rings. The minimum absolute atomic E-state index is 0.256. The summed E-state index contributed by atoms with van der Waals surface area (Å²) in [5, 5.41) is 28.6. The van der Waals surface area contributed by atoms with E-state index in [1.54, 1.807) is 0 Å². The van der Waals surface area contributed by atoms with Gasteiger partial charge in [0, 0.05) is 29.9 Å². The standard InChI is InChI=1S/C49H30O2S2/c50-43-23-21-39(33-11-3-5-13-37(33)43)49(40-22-24-44(51)38-14-6-4-12-34(38)40)41-25-31(47-27-29-9-1-7-15-45(29)52-47)17-19-35(41)36-20-18-32(26-42(36)49)48-28-30-10-2-8-16-46(30)53-48/h1-28,50-51H. The van der Waals surface area contributed by atoms with Crippen molar-refractivity contribution in [2.75, 3.05) is 0 Å². The van der Waals surface area contributed by atoms with Gasteiger partial charge in [-0.1, -0.05) is 121 Å². The van der Waals surface area contributed by atoms with Gasteiger partial charge < -0.3 is 10.2 Å². The van der Waals surface area contributed by atoms with Crippen LogP contribution < -0.4 is 0 Å². The summed E-state index contributed by atoms with van der Waals surface area (Å²) in [4.78, 5) is 2.44. The summed E-state index contributed by atoms with van der Waals surface area (Å²) < 4.78 is 2.53. The number of thiophene rings is 2. The topological polar surface area (TPSA) is 40.5 Å². The van der Waals surface area contributed by atoms with Crippen LogP contribution in [0.3, 0.4) is 0 Å². The van der Waals surface area contributed by atoms with E-state index in [2.05, 4.69) is 133 Å². The molecule has 0 fully saturated rings. The number of hydrogen-bond acceptors (Lipinski definition) is 4. The van der Waals surface area contributed by atoms with Crippen molar-refractivity contribution >= 4 is 64.4 Å². The van der Waals surface area contributed by atoms with Gasteiger partial charge in [-0.2, -0.15) is 0 Å². The van der Waals surface area contributed by atoms with Crippen molar-refractivity contribution in [1.82, 2.24) is 0 Å². The Labute approximate surface area is 314 Å². The molecule has 0 bridgehead atoms. The number of phenols is 2. The second-order valence-electron chi connectivity index (χ2n) is 13.9. The Morgan fingerprint density at radius 1 is 0.358 bits per heavy atom. The minimum Gasteiger partial charge on any atom is -0.507 e.